The quantitative estimate of drug-likeness (QED) is 0.849. The molecule has 0 saturated carbocycles. The summed E-state index contributed by atoms with van der Waals surface area (Å²) in [5.41, 5.74) is -0.259. The predicted octanol–water partition coefficient (Wildman–Crippen LogP) is 0.807. The summed E-state index contributed by atoms with van der Waals surface area (Å²) in [4.78, 5) is 22.4. The Morgan fingerprint density at radius 2 is 2.20 bits per heavy atom. The molecule has 8 heteroatoms. The molecule has 0 amide bonds. The zero-order valence-corrected chi connectivity index (χ0v) is 10.9. The van der Waals surface area contributed by atoms with Gasteiger partial charge in [0.15, 0.2) is 11.4 Å². The first kappa shape index (κ1) is 13.8. The molecule has 0 aromatic carbocycles. The Bertz CT molecular complexity index is 701. The van der Waals surface area contributed by atoms with E-state index in [1.54, 1.807) is 0 Å². The van der Waals surface area contributed by atoms with Crippen LogP contribution in [0.25, 0.3) is 0 Å². The number of aromatic carboxylic acids is 1. The van der Waals surface area contributed by atoms with E-state index in [0.29, 0.717) is 5.69 Å². The third kappa shape index (κ3) is 2.53. The summed E-state index contributed by atoms with van der Waals surface area (Å²) in [6.07, 6.45) is 0.932. The molecule has 0 aliphatic heterocycles. The monoisotopic (exact) mass is 279 g/mol. The van der Waals surface area contributed by atoms with Gasteiger partial charge >= 0.3 is 5.97 Å². The van der Waals surface area contributed by atoms with E-state index in [0.717, 1.165) is 12.3 Å². The van der Waals surface area contributed by atoms with Crippen LogP contribution in [0.4, 0.5) is 0 Å². The van der Waals surface area contributed by atoms with Crippen LogP contribution in [0.2, 0.25) is 0 Å². The number of aromatic hydroxyl groups is 1. The smallest absolute Gasteiger partial charge is 0.358 e. The summed E-state index contributed by atoms with van der Waals surface area (Å²) < 4.78 is 6.43. The third-order valence-corrected chi connectivity index (χ3v) is 2.69. The van der Waals surface area contributed by atoms with Gasteiger partial charge in [0.25, 0.3) is 0 Å². The molecular formula is C12H13N3O5. The number of carboxylic acid groups (broad SMARTS) is 1. The highest BCUT2D eigenvalue weighted by Crippen LogP contribution is 2.18. The Morgan fingerprint density at radius 1 is 1.50 bits per heavy atom. The molecule has 0 aliphatic rings. The molecular weight excluding hydrogens is 266 g/mol. The van der Waals surface area contributed by atoms with Crippen LogP contribution >= 0.6 is 0 Å². The molecule has 8 nitrogen and oxygen atoms in total. The minimum atomic E-state index is -1.16. The largest absolute Gasteiger partial charge is 0.502 e. The molecule has 0 radical (unpaired) electrons. The van der Waals surface area contributed by atoms with Crippen molar-refractivity contribution in [1.29, 1.82) is 0 Å². The van der Waals surface area contributed by atoms with Gasteiger partial charge in [-0.2, -0.15) is 0 Å². The maximum absolute atomic E-state index is 11.3. The second kappa shape index (κ2) is 5.16. The Morgan fingerprint density at radius 3 is 2.75 bits per heavy atom. The molecule has 106 valence electrons. The van der Waals surface area contributed by atoms with Gasteiger partial charge in [0.2, 0.25) is 5.43 Å². The number of carboxylic acids is 1. The highest BCUT2D eigenvalue weighted by atomic mass is 16.4. The summed E-state index contributed by atoms with van der Waals surface area (Å²) >= 11 is 0. The number of aromatic nitrogens is 3. The lowest BCUT2D eigenvalue weighted by Gasteiger charge is -2.09. The number of rotatable bonds is 4. The second-order valence-corrected chi connectivity index (χ2v) is 4.54. The maximum Gasteiger partial charge on any atom is 0.358 e. The van der Waals surface area contributed by atoms with Crippen molar-refractivity contribution in [2.75, 3.05) is 0 Å². The van der Waals surface area contributed by atoms with E-state index in [2.05, 4.69) is 10.3 Å². The van der Waals surface area contributed by atoms with Crippen molar-refractivity contribution >= 4 is 5.97 Å². The molecule has 2 rings (SSSR count). The van der Waals surface area contributed by atoms with Gasteiger partial charge in [-0.15, -0.1) is 5.10 Å². The summed E-state index contributed by atoms with van der Waals surface area (Å²) in [5.74, 6) is -1.51. The topological polar surface area (TPSA) is 118 Å². The van der Waals surface area contributed by atoms with Crippen LogP contribution in [0.15, 0.2) is 21.5 Å². The minimum Gasteiger partial charge on any atom is -0.502 e. The SMILES string of the molecule is CC(C)c1c(C(=O)O)nnn1Cc1cc(=O)c(O)co1. The normalized spacial score (nSPS) is 10.9. The van der Waals surface area contributed by atoms with Gasteiger partial charge in [0, 0.05) is 6.07 Å². The summed E-state index contributed by atoms with van der Waals surface area (Å²) in [6.45, 7) is 3.69. The average molecular weight is 279 g/mol. The minimum absolute atomic E-state index is 0.0588. The molecule has 2 aromatic heterocycles. The van der Waals surface area contributed by atoms with E-state index in [-0.39, 0.29) is 23.9 Å². The summed E-state index contributed by atoms with van der Waals surface area (Å²) in [5, 5.41) is 25.5. The number of nitrogens with zero attached hydrogens (tertiary/aromatic N) is 3. The van der Waals surface area contributed by atoms with Crippen LogP contribution < -0.4 is 5.43 Å². The van der Waals surface area contributed by atoms with E-state index >= 15 is 0 Å². The molecule has 2 N–H and O–H groups in total. The number of carbonyl (C=O) groups is 1. The van der Waals surface area contributed by atoms with Crippen molar-refractivity contribution in [1.82, 2.24) is 15.0 Å². The van der Waals surface area contributed by atoms with Crippen LogP contribution in [0, 0.1) is 0 Å². The molecule has 2 heterocycles. The van der Waals surface area contributed by atoms with Crippen molar-refractivity contribution in [2.24, 2.45) is 0 Å². The fraction of sp³-hybridized carbons (Fsp3) is 0.333. The standard InChI is InChI=1S/C12H13N3O5/c1-6(2)11-10(12(18)19)13-14-15(11)4-7-3-8(16)9(17)5-20-7/h3,5-6,17H,4H2,1-2H3,(H,18,19). The predicted molar refractivity (Wildman–Crippen MR) is 66.8 cm³/mol. The molecule has 2 aromatic rings. The van der Waals surface area contributed by atoms with Crippen molar-refractivity contribution in [2.45, 2.75) is 26.3 Å². The molecule has 0 atom stereocenters. The van der Waals surface area contributed by atoms with Crippen LogP contribution in [-0.2, 0) is 6.54 Å². The van der Waals surface area contributed by atoms with Gasteiger partial charge in [-0.25, -0.2) is 9.48 Å². The molecule has 0 bridgehead atoms. The fourth-order valence-electron chi connectivity index (χ4n) is 1.84. The van der Waals surface area contributed by atoms with Gasteiger partial charge in [-0.3, -0.25) is 4.79 Å². The first-order valence-corrected chi connectivity index (χ1v) is 5.87. The fourth-order valence-corrected chi connectivity index (χ4v) is 1.84. The van der Waals surface area contributed by atoms with E-state index in [4.69, 9.17) is 14.6 Å². The second-order valence-electron chi connectivity index (χ2n) is 4.54. The van der Waals surface area contributed by atoms with E-state index < -0.39 is 17.1 Å². The zero-order chi connectivity index (χ0) is 14.9. The van der Waals surface area contributed by atoms with Gasteiger partial charge in [0.1, 0.15) is 18.6 Å². The van der Waals surface area contributed by atoms with E-state index in [9.17, 15) is 9.59 Å². The lowest BCUT2D eigenvalue weighted by molar-refractivity contribution is 0.0688. The van der Waals surface area contributed by atoms with Crippen molar-refractivity contribution < 1.29 is 19.4 Å². The third-order valence-electron chi connectivity index (χ3n) is 2.69. The van der Waals surface area contributed by atoms with Gasteiger partial charge in [0.05, 0.1) is 5.69 Å². The van der Waals surface area contributed by atoms with Gasteiger partial charge in [-0.05, 0) is 5.92 Å². The lowest BCUT2D eigenvalue weighted by atomic mass is 10.1. The van der Waals surface area contributed by atoms with Crippen LogP contribution in [0.1, 0.15) is 41.7 Å². The Labute approximate surface area is 113 Å². The van der Waals surface area contributed by atoms with Crippen molar-refractivity contribution in [3.05, 3.63) is 39.7 Å². The zero-order valence-electron chi connectivity index (χ0n) is 10.9. The van der Waals surface area contributed by atoms with Crippen LogP contribution in [0.5, 0.6) is 5.75 Å². The first-order valence-electron chi connectivity index (χ1n) is 5.87. The molecule has 0 spiro atoms. The molecule has 20 heavy (non-hydrogen) atoms. The summed E-state index contributed by atoms with van der Waals surface area (Å²) in [7, 11) is 0. The Hall–Kier alpha value is -2.64. The first-order chi connectivity index (χ1) is 9.40. The van der Waals surface area contributed by atoms with Gasteiger partial charge < -0.3 is 14.6 Å². The van der Waals surface area contributed by atoms with E-state index in [1.165, 1.54) is 4.68 Å². The highest BCUT2D eigenvalue weighted by molar-refractivity contribution is 5.86. The Kier molecular flexibility index (Phi) is 3.55. The molecule has 0 saturated heterocycles. The number of hydrogen-bond acceptors (Lipinski definition) is 6. The average Bonchev–Trinajstić information content (AvgIpc) is 2.78. The Balaban J connectivity index is 2.40. The van der Waals surface area contributed by atoms with Crippen LogP contribution in [0.3, 0.4) is 0 Å². The summed E-state index contributed by atoms with van der Waals surface area (Å²) in [6, 6.07) is 1.13. The maximum atomic E-state index is 11.3. The number of hydrogen-bond donors (Lipinski definition) is 2. The van der Waals surface area contributed by atoms with Crippen molar-refractivity contribution in [3.8, 4) is 5.75 Å². The lowest BCUT2D eigenvalue weighted by Crippen LogP contribution is -2.12. The highest BCUT2D eigenvalue weighted by Gasteiger charge is 2.22. The van der Waals surface area contributed by atoms with Crippen molar-refractivity contribution in [3.63, 3.8) is 0 Å². The van der Waals surface area contributed by atoms with E-state index in [1.807, 2.05) is 13.8 Å². The van der Waals surface area contributed by atoms with Gasteiger partial charge in [-0.1, -0.05) is 19.1 Å². The molecule has 0 unspecified atom stereocenters. The molecule has 0 fully saturated rings. The molecule has 0 aliphatic carbocycles. The van der Waals surface area contributed by atoms with Crippen LogP contribution in [-0.4, -0.2) is 31.2 Å².